The number of phenols is 1. The fourth-order valence-electron chi connectivity index (χ4n) is 4.54. The first-order valence-electron chi connectivity index (χ1n) is 11.0. The molecule has 3 aromatic carbocycles. The number of para-hydroxylation sites is 2. The lowest BCUT2D eigenvalue weighted by Gasteiger charge is -2.24. The lowest BCUT2D eigenvalue weighted by Crippen LogP contribution is -2.27. The summed E-state index contributed by atoms with van der Waals surface area (Å²) in [6.45, 7) is 12.8. The van der Waals surface area contributed by atoms with Crippen molar-refractivity contribution in [1.82, 2.24) is 0 Å². The van der Waals surface area contributed by atoms with E-state index in [-0.39, 0.29) is 0 Å². The van der Waals surface area contributed by atoms with E-state index in [1.807, 2.05) is 6.07 Å². The molecule has 1 N–H and O–H groups in total. The van der Waals surface area contributed by atoms with Crippen LogP contribution in [-0.2, 0) is 0 Å². The lowest BCUT2D eigenvalue weighted by atomic mass is 9.85. The summed E-state index contributed by atoms with van der Waals surface area (Å²) in [5.41, 5.74) is 8.42. The van der Waals surface area contributed by atoms with Crippen LogP contribution in [0.4, 0.5) is 17.1 Å². The van der Waals surface area contributed by atoms with Crippen molar-refractivity contribution in [2.24, 2.45) is 0 Å². The highest BCUT2D eigenvalue weighted by atomic mass is 16.3. The molecule has 0 fully saturated rings. The summed E-state index contributed by atoms with van der Waals surface area (Å²) in [6.07, 6.45) is 0. The summed E-state index contributed by atoms with van der Waals surface area (Å²) < 4.78 is 0. The van der Waals surface area contributed by atoms with E-state index in [0.717, 1.165) is 24.6 Å². The van der Waals surface area contributed by atoms with Gasteiger partial charge in [-0.25, -0.2) is 0 Å². The fraction of sp³-hybridized carbons (Fsp3) is 0.333. The van der Waals surface area contributed by atoms with Crippen LogP contribution in [0.1, 0.15) is 57.6 Å². The van der Waals surface area contributed by atoms with Crippen molar-refractivity contribution in [2.45, 2.75) is 46.5 Å². The predicted molar refractivity (Wildman–Crippen MR) is 128 cm³/mol. The van der Waals surface area contributed by atoms with Crippen LogP contribution >= 0.6 is 0 Å². The zero-order valence-electron chi connectivity index (χ0n) is 18.7. The number of anilines is 3. The van der Waals surface area contributed by atoms with Gasteiger partial charge in [-0.1, -0.05) is 64.1 Å². The molecule has 156 valence electrons. The molecule has 0 saturated carbocycles. The second kappa shape index (κ2) is 8.06. The van der Waals surface area contributed by atoms with Crippen LogP contribution < -0.4 is 9.80 Å². The maximum Gasteiger partial charge on any atom is 0.139 e. The van der Waals surface area contributed by atoms with Crippen LogP contribution in [0, 0.1) is 0 Å². The van der Waals surface area contributed by atoms with Gasteiger partial charge in [-0.05, 0) is 65.3 Å². The highest BCUT2D eigenvalue weighted by Crippen LogP contribution is 2.45. The molecule has 0 amide bonds. The quantitative estimate of drug-likeness (QED) is 0.489. The number of benzene rings is 3. The summed E-state index contributed by atoms with van der Waals surface area (Å²) in [4.78, 5) is 4.56. The molecule has 0 unspecified atom stereocenters. The molecule has 30 heavy (non-hydrogen) atoms. The molecule has 0 spiro atoms. The third-order valence-electron chi connectivity index (χ3n) is 6.13. The Morgan fingerprint density at radius 2 is 1.43 bits per heavy atom. The molecule has 0 aliphatic carbocycles. The molecule has 3 aromatic rings. The molecule has 0 radical (unpaired) electrons. The summed E-state index contributed by atoms with van der Waals surface area (Å²) >= 11 is 0. The number of hydrogen-bond acceptors (Lipinski definition) is 3. The Kier molecular flexibility index (Phi) is 5.46. The standard InChI is InChI=1S/C27H32N2O/c1-6-28-17-29(24-13-8-7-12-23(24)28)25-16-20(14-15-26(25)30)27-21(18(2)3)10-9-11-22(27)19(4)5/h7-16,18-19,30H,6,17H2,1-5H3. The van der Waals surface area contributed by atoms with Crippen molar-refractivity contribution >= 4 is 17.1 Å². The average Bonchev–Trinajstić information content (AvgIpc) is 3.12. The summed E-state index contributed by atoms with van der Waals surface area (Å²) in [7, 11) is 0. The van der Waals surface area contributed by atoms with E-state index in [0.29, 0.717) is 17.6 Å². The lowest BCUT2D eigenvalue weighted by molar-refractivity contribution is 0.475. The maximum absolute atomic E-state index is 10.8. The summed E-state index contributed by atoms with van der Waals surface area (Å²) in [5, 5.41) is 10.8. The van der Waals surface area contributed by atoms with Gasteiger partial charge in [0.2, 0.25) is 0 Å². The SMILES string of the molecule is CCN1CN(c2cc(-c3c(C(C)C)cccc3C(C)C)ccc2O)c2ccccc21. The Morgan fingerprint density at radius 1 is 0.800 bits per heavy atom. The molecule has 1 aliphatic heterocycles. The summed E-state index contributed by atoms with van der Waals surface area (Å²) in [5.74, 6) is 1.18. The number of aromatic hydroxyl groups is 1. The molecular formula is C27H32N2O. The minimum Gasteiger partial charge on any atom is -0.506 e. The molecule has 1 aliphatic rings. The van der Waals surface area contributed by atoms with Crippen LogP contribution in [0.2, 0.25) is 0 Å². The zero-order valence-corrected chi connectivity index (χ0v) is 18.7. The number of phenolic OH excluding ortho intramolecular Hbond substituents is 1. The van der Waals surface area contributed by atoms with Crippen molar-refractivity contribution < 1.29 is 5.11 Å². The van der Waals surface area contributed by atoms with E-state index in [4.69, 9.17) is 0 Å². The molecule has 0 saturated heterocycles. The zero-order chi connectivity index (χ0) is 21.4. The minimum atomic E-state index is 0.319. The molecule has 0 bridgehead atoms. The number of fused-ring (bicyclic) bond motifs is 1. The van der Waals surface area contributed by atoms with Gasteiger partial charge < -0.3 is 14.9 Å². The largest absolute Gasteiger partial charge is 0.506 e. The molecule has 4 rings (SSSR count). The Labute approximate surface area is 180 Å². The summed E-state index contributed by atoms with van der Waals surface area (Å²) in [6, 6.07) is 21.2. The first-order valence-corrected chi connectivity index (χ1v) is 11.0. The predicted octanol–water partition coefficient (Wildman–Crippen LogP) is 7.24. The number of hydrogen-bond donors (Lipinski definition) is 1. The van der Waals surface area contributed by atoms with Gasteiger partial charge in [0, 0.05) is 6.54 Å². The van der Waals surface area contributed by atoms with Gasteiger partial charge in [-0.15, -0.1) is 0 Å². The Morgan fingerprint density at radius 3 is 2.03 bits per heavy atom. The molecule has 0 atom stereocenters. The van der Waals surface area contributed by atoms with E-state index >= 15 is 0 Å². The van der Waals surface area contributed by atoms with Crippen LogP contribution in [0.25, 0.3) is 11.1 Å². The van der Waals surface area contributed by atoms with Crippen molar-refractivity contribution in [1.29, 1.82) is 0 Å². The highest BCUT2D eigenvalue weighted by Gasteiger charge is 2.27. The van der Waals surface area contributed by atoms with Crippen LogP contribution in [0.15, 0.2) is 60.7 Å². The molecule has 3 heteroatoms. The van der Waals surface area contributed by atoms with Gasteiger partial charge in [-0.3, -0.25) is 0 Å². The first kappa shape index (κ1) is 20.3. The van der Waals surface area contributed by atoms with Gasteiger partial charge in [0.25, 0.3) is 0 Å². The second-order valence-corrected chi connectivity index (χ2v) is 8.74. The van der Waals surface area contributed by atoms with E-state index in [9.17, 15) is 5.11 Å². The molecule has 1 heterocycles. The van der Waals surface area contributed by atoms with E-state index < -0.39 is 0 Å². The Bertz CT molecular complexity index is 1030. The van der Waals surface area contributed by atoms with E-state index in [1.165, 1.54) is 27.9 Å². The van der Waals surface area contributed by atoms with E-state index in [2.05, 4.69) is 99.0 Å². The molecular weight excluding hydrogens is 368 g/mol. The van der Waals surface area contributed by atoms with Crippen molar-refractivity contribution in [2.75, 3.05) is 23.0 Å². The van der Waals surface area contributed by atoms with Crippen molar-refractivity contribution in [3.8, 4) is 16.9 Å². The average molecular weight is 401 g/mol. The smallest absolute Gasteiger partial charge is 0.139 e. The van der Waals surface area contributed by atoms with Crippen LogP contribution in [0.5, 0.6) is 5.75 Å². The maximum atomic E-state index is 10.8. The van der Waals surface area contributed by atoms with Gasteiger partial charge in [0.05, 0.1) is 23.7 Å². The fourth-order valence-corrected chi connectivity index (χ4v) is 4.54. The van der Waals surface area contributed by atoms with Crippen LogP contribution in [0.3, 0.4) is 0 Å². The van der Waals surface area contributed by atoms with Gasteiger partial charge in [0.1, 0.15) is 5.75 Å². The van der Waals surface area contributed by atoms with Gasteiger partial charge in [0.15, 0.2) is 0 Å². The second-order valence-electron chi connectivity index (χ2n) is 8.74. The third kappa shape index (κ3) is 3.43. The first-order chi connectivity index (χ1) is 14.4. The number of rotatable bonds is 5. The molecule has 0 aromatic heterocycles. The topological polar surface area (TPSA) is 26.7 Å². The van der Waals surface area contributed by atoms with Crippen LogP contribution in [-0.4, -0.2) is 18.3 Å². The normalized spacial score (nSPS) is 13.4. The monoisotopic (exact) mass is 400 g/mol. The highest BCUT2D eigenvalue weighted by molar-refractivity contribution is 5.86. The number of nitrogens with zero attached hydrogens (tertiary/aromatic N) is 2. The third-order valence-corrected chi connectivity index (χ3v) is 6.13. The molecule has 3 nitrogen and oxygen atoms in total. The van der Waals surface area contributed by atoms with Crippen molar-refractivity contribution in [3.63, 3.8) is 0 Å². The Hall–Kier alpha value is -2.94. The van der Waals surface area contributed by atoms with Gasteiger partial charge >= 0.3 is 0 Å². The minimum absolute atomic E-state index is 0.319. The Balaban J connectivity index is 1.88. The van der Waals surface area contributed by atoms with Crippen molar-refractivity contribution in [3.05, 3.63) is 71.8 Å². The van der Waals surface area contributed by atoms with E-state index in [1.54, 1.807) is 0 Å². The van der Waals surface area contributed by atoms with Gasteiger partial charge in [-0.2, -0.15) is 0 Å².